The van der Waals surface area contributed by atoms with Gasteiger partial charge in [-0.2, -0.15) is 0 Å². The van der Waals surface area contributed by atoms with E-state index in [1.54, 1.807) is 18.2 Å². The van der Waals surface area contributed by atoms with Gasteiger partial charge in [0.1, 0.15) is 0 Å². The summed E-state index contributed by atoms with van der Waals surface area (Å²) in [5.41, 5.74) is 6.89. The van der Waals surface area contributed by atoms with E-state index in [9.17, 15) is 0 Å². The molecule has 1 heterocycles. The molecule has 0 aliphatic carbocycles. The molecule has 3 N–H and O–H groups in total. The Morgan fingerprint density at radius 3 is 2.85 bits per heavy atom. The molecule has 0 saturated carbocycles. The van der Waals surface area contributed by atoms with Crippen LogP contribution in [0.15, 0.2) is 18.2 Å². The van der Waals surface area contributed by atoms with Crippen molar-refractivity contribution in [2.75, 3.05) is 5.73 Å². The second-order valence-corrected chi connectivity index (χ2v) is 2.86. The Morgan fingerprint density at radius 1 is 1.38 bits per heavy atom. The molecule has 0 saturated heterocycles. The van der Waals surface area contributed by atoms with Gasteiger partial charge in [-0.25, -0.2) is 5.10 Å². The number of hydrogen-bond acceptors (Lipinski definition) is 4. The molecule has 0 aliphatic heterocycles. The van der Waals surface area contributed by atoms with Gasteiger partial charge in [0.15, 0.2) is 5.82 Å². The highest BCUT2D eigenvalue weighted by Gasteiger charge is 2.09. The third-order valence-corrected chi connectivity index (χ3v) is 1.94. The normalized spacial score (nSPS) is 10.2. The van der Waals surface area contributed by atoms with Crippen molar-refractivity contribution >= 4 is 17.3 Å². The van der Waals surface area contributed by atoms with Gasteiger partial charge in [0.25, 0.3) is 0 Å². The van der Waals surface area contributed by atoms with Crippen LogP contribution in [0.4, 0.5) is 5.69 Å². The van der Waals surface area contributed by atoms with Crippen LogP contribution >= 0.6 is 11.6 Å². The summed E-state index contributed by atoms with van der Waals surface area (Å²) in [7, 11) is 0. The monoisotopic (exact) mass is 195 g/mol. The quantitative estimate of drug-likeness (QED) is 0.668. The fourth-order valence-electron chi connectivity index (χ4n) is 1.06. The Balaban J connectivity index is 2.64. The van der Waals surface area contributed by atoms with Gasteiger partial charge in [0.2, 0.25) is 0 Å². The van der Waals surface area contributed by atoms with Crippen LogP contribution in [0.5, 0.6) is 0 Å². The van der Waals surface area contributed by atoms with Crippen LogP contribution in [0.2, 0.25) is 5.02 Å². The van der Waals surface area contributed by atoms with Crippen molar-refractivity contribution in [2.45, 2.75) is 0 Å². The number of aromatic amines is 1. The van der Waals surface area contributed by atoms with Crippen molar-refractivity contribution in [1.29, 1.82) is 0 Å². The topological polar surface area (TPSA) is 80.5 Å². The fourth-order valence-corrected chi connectivity index (χ4v) is 1.33. The van der Waals surface area contributed by atoms with E-state index in [0.29, 0.717) is 22.1 Å². The lowest BCUT2D eigenvalue weighted by atomic mass is 10.2. The van der Waals surface area contributed by atoms with Gasteiger partial charge >= 0.3 is 0 Å². The maximum Gasteiger partial charge on any atom is 0.183 e. The molecule has 13 heavy (non-hydrogen) atoms. The number of benzene rings is 1. The summed E-state index contributed by atoms with van der Waals surface area (Å²) < 4.78 is 0. The summed E-state index contributed by atoms with van der Waals surface area (Å²) in [6, 6.07) is 5.24. The van der Waals surface area contributed by atoms with Gasteiger partial charge in [-0.05, 0) is 22.6 Å². The summed E-state index contributed by atoms with van der Waals surface area (Å²) >= 11 is 5.93. The maximum absolute atomic E-state index is 5.93. The smallest absolute Gasteiger partial charge is 0.183 e. The number of H-pyrrole nitrogens is 1. The summed E-state index contributed by atoms with van der Waals surface area (Å²) in [5, 5.41) is 13.7. The number of anilines is 1. The van der Waals surface area contributed by atoms with E-state index in [2.05, 4.69) is 20.6 Å². The lowest BCUT2D eigenvalue weighted by Crippen LogP contribution is -1.92. The maximum atomic E-state index is 5.93. The molecular formula is C7H6ClN5. The van der Waals surface area contributed by atoms with Crippen LogP contribution in [0.3, 0.4) is 0 Å². The molecule has 0 bridgehead atoms. The average molecular weight is 196 g/mol. The molecule has 1 aromatic carbocycles. The zero-order chi connectivity index (χ0) is 9.26. The predicted molar refractivity (Wildman–Crippen MR) is 49.0 cm³/mol. The Kier molecular flexibility index (Phi) is 1.86. The number of rotatable bonds is 1. The third kappa shape index (κ3) is 1.33. The van der Waals surface area contributed by atoms with Crippen LogP contribution < -0.4 is 5.73 Å². The number of hydrogen-bond donors (Lipinski definition) is 2. The molecule has 1 aromatic heterocycles. The van der Waals surface area contributed by atoms with Crippen LogP contribution in [0.25, 0.3) is 11.4 Å². The minimum Gasteiger partial charge on any atom is -0.398 e. The molecule has 0 radical (unpaired) electrons. The highest BCUT2D eigenvalue weighted by molar-refractivity contribution is 6.33. The molecule has 0 amide bonds. The number of halogens is 1. The Labute approximate surface area is 78.9 Å². The van der Waals surface area contributed by atoms with E-state index in [4.69, 9.17) is 17.3 Å². The molecule has 66 valence electrons. The number of nitrogens with two attached hydrogens (primary N) is 1. The minimum absolute atomic E-state index is 0.475. The number of tetrazole rings is 1. The molecule has 0 unspecified atom stereocenters. The van der Waals surface area contributed by atoms with E-state index in [1.165, 1.54) is 0 Å². The van der Waals surface area contributed by atoms with Crippen molar-refractivity contribution in [3.63, 3.8) is 0 Å². The second-order valence-electron chi connectivity index (χ2n) is 2.45. The summed E-state index contributed by atoms with van der Waals surface area (Å²) in [5.74, 6) is 0.475. The average Bonchev–Trinajstić information content (AvgIpc) is 2.57. The van der Waals surface area contributed by atoms with Crippen LogP contribution in [0, 0.1) is 0 Å². The zero-order valence-electron chi connectivity index (χ0n) is 6.53. The van der Waals surface area contributed by atoms with E-state index in [-0.39, 0.29) is 0 Å². The molecule has 0 spiro atoms. The Hall–Kier alpha value is -1.62. The van der Waals surface area contributed by atoms with Crippen LogP contribution in [0.1, 0.15) is 0 Å². The van der Waals surface area contributed by atoms with E-state index >= 15 is 0 Å². The van der Waals surface area contributed by atoms with Gasteiger partial charge in [-0.1, -0.05) is 17.7 Å². The molecule has 5 nitrogen and oxygen atoms in total. The van der Waals surface area contributed by atoms with Gasteiger partial charge in [0.05, 0.1) is 10.6 Å². The van der Waals surface area contributed by atoms with Gasteiger partial charge in [0, 0.05) is 5.69 Å². The van der Waals surface area contributed by atoms with Crippen LogP contribution in [-0.4, -0.2) is 20.6 Å². The van der Waals surface area contributed by atoms with Crippen molar-refractivity contribution in [3.05, 3.63) is 23.2 Å². The SMILES string of the molecule is Nc1cccc(Cl)c1-c1nnn[nH]1. The van der Waals surface area contributed by atoms with E-state index < -0.39 is 0 Å². The van der Waals surface area contributed by atoms with Gasteiger partial charge in [-0.15, -0.1) is 5.10 Å². The molecule has 2 rings (SSSR count). The second kappa shape index (κ2) is 3.02. The number of nitrogen functional groups attached to an aromatic ring is 1. The summed E-state index contributed by atoms with van der Waals surface area (Å²) in [6.45, 7) is 0. The van der Waals surface area contributed by atoms with Crippen molar-refractivity contribution < 1.29 is 0 Å². The first-order valence-electron chi connectivity index (χ1n) is 3.57. The zero-order valence-corrected chi connectivity index (χ0v) is 7.28. The predicted octanol–water partition coefficient (Wildman–Crippen LogP) is 1.10. The molecule has 6 heteroatoms. The fraction of sp³-hybridized carbons (Fsp3) is 0. The third-order valence-electron chi connectivity index (χ3n) is 1.63. The number of aromatic nitrogens is 4. The van der Waals surface area contributed by atoms with Crippen molar-refractivity contribution in [3.8, 4) is 11.4 Å². The first-order chi connectivity index (χ1) is 6.29. The van der Waals surface area contributed by atoms with E-state index in [1.807, 2.05) is 0 Å². The number of nitrogens with one attached hydrogen (secondary N) is 1. The van der Waals surface area contributed by atoms with Crippen molar-refractivity contribution in [2.24, 2.45) is 0 Å². The summed E-state index contributed by atoms with van der Waals surface area (Å²) in [6.07, 6.45) is 0. The minimum atomic E-state index is 0.475. The number of nitrogens with zero attached hydrogens (tertiary/aromatic N) is 3. The highest BCUT2D eigenvalue weighted by Crippen LogP contribution is 2.29. The van der Waals surface area contributed by atoms with Gasteiger partial charge < -0.3 is 5.73 Å². The Bertz CT molecular complexity index is 391. The lowest BCUT2D eigenvalue weighted by molar-refractivity contribution is 0.881. The van der Waals surface area contributed by atoms with Crippen molar-refractivity contribution in [1.82, 2.24) is 20.6 Å². The molecular weight excluding hydrogens is 190 g/mol. The molecule has 0 atom stereocenters. The van der Waals surface area contributed by atoms with Gasteiger partial charge in [-0.3, -0.25) is 0 Å². The van der Waals surface area contributed by atoms with Crippen LogP contribution in [-0.2, 0) is 0 Å². The molecule has 0 fully saturated rings. The first-order valence-corrected chi connectivity index (χ1v) is 3.95. The highest BCUT2D eigenvalue weighted by atomic mass is 35.5. The largest absolute Gasteiger partial charge is 0.398 e. The first kappa shape index (κ1) is 8.00. The standard InChI is InChI=1S/C7H6ClN5/c8-4-2-1-3-5(9)6(4)7-10-12-13-11-7/h1-3H,9H2,(H,10,11,12,13). The Morgan fingerprint density at radius 2 is 2.23 bits per heavy atom. The summed E-state index contributed by atoms with van der Waals surface area (Å²) in [4.78, 5) is 0. The molecule has 2 aromatic rings. The molecule has 0 aliphatic rings. The van der Waals surface area contributed by atoms with E-state index in [0.717, 1.165) is 0 Å². The lowest BCUT2D eigenvalue weighted by Gasteiger charge is -2.02.